The van der Waals surface area contributed by atoms with Crippen molar-refractivity contribution in [2.45, 2.75) is 38.2 Å². The maximum atomic E-state index is 11.1. The van der Waals surface area contributed by atoms with Crippen molar-refractivity contribution in [2.75, 3.05) is 0 Å². The highest BCUT2D eigenvalue weighted by molar-refractivity contribution is 7.89. The van der Waals surface area contributed by atoms with Gasteiger partial charge in [0.2, 0.25) is 5.09 Å². The molecule has 1 heterocycles. The largest absolute Gasteiger partial charge is 0.448 e. The molecule has 0 aliphatic rings. The van der Waals surface area contributed by atoms with E-state index in [2.05, 4.69) is 0 Å². The molecule has 0 aromatic carbocycles. The number of unbranched alkanes of at least 4 members (excludes halogenated alkanes) is 1. The first-order valence-corrected chi connectivity index (χ1v) is 6.12. The molecule has 0 saturated carbocycles. The van der Waals surface area contributed by atoms with E-state index in [1.165, 1.54) is 0 Å². The van der Waals surface area contributed by atoms with E-state index in [4.69, 9.17) is 9.56 Å². The van der Waals surface area contributed by atoms with Gasteiger partial charge < -0.3 is 4.42 Å². The van der Waals surface area contributed by atoms with Gasteiger partial charge in [-0.2, -0.15) is 0 Å². The molecule has 80 valence electrons. The molecule has 14 heavy (non-hydrogen) atoms. The van der Waals surface area contributed by atoms with Gasteiger partial charge in [0, 0.05) is 5.56 Å². The summed E-state index contributed by atoms with van der Waals surface area (Å²) in [5, 5.41) is 4.94. The van der Waals surface area contributed by atoms with E-state index in [1.54, 1.807) is 13.0 Å². The van der Waals surface area contributed by atoms with Crippen LogP contribution >= 0.6 is 0 Å². The predicted octanol–water partition coefficient (Wildman–Crippen LogP) is 1.58. The molecule has 0 radical (unpaired) electrons. The Kier molecular flexibility index (Phi) is 3.34. The smallest absolute Gasteiger partial charge is 0.271 e. The summed E-state index contributed by atoms with van der Waals surface area (Å²) in [6.45, 7) is 3.76. The van der Waals surface area contributed by atoms with Crippen LogP contribution in [0.3, 0.4) is 0 Å². The maximum Gasteiger partial charge on any atom is 0.271 e. The van der Waals surface area contributed by atoms with E-state index >= 15 is 0 Å². The Balaban J connectivity index is 3.04. The van der Waals surface area contributed by atoms with Crippen molar-refractivity contribution in [1.29, 1.82) is 0 Å². The molecule has 0 amide bonds. The van der Waals surface area contributed by atoms with Gasteiger partial charge in [-0.05, 0) is 25.8 Å². The summed E-state index contributed by atoms with van der Waals surface area (Å²) in [5.74, 6) is 0.583. The maximum absolute atomic E-state index is 11.1. The van der Waals surface area contributed by atoms with E-state index in [-0.39, 0.29) is 5.09 Å². The van der Waals surface area contributed by atoms with E-state index in [0.717, 1.165) is 12.8 Å². The zero-order valence-corrected chi connectivity index (χ0v) is 9.23. The van der Waals surface area contributed by atoms with Crippen LogP contribution in [0.1, 0.15) is 31.1 Å². The minimum Gasteiger partial charge on any atom is -0.448 e. The zero-order valence-electron chi connectivity index (χ0n) is 8.41. The fraction of sp³-hybridized carbons (Fsp3) is 0.556. The summed E-state index contributed by atoms with van der Waals surface area (Å²) in [7, 11) is -3.71. The van der Waals surface area contributed by atoms with Crippen LogP contribution in [-0.4, -0.2) is 8.42 Å². The van der Waals surface area contributed by atoms with Gasteiger partial charge in [-0.3, -0.25) is 0 Å². The quantitative estimate of drug-likeness (QED) is 0.832. The number of primary sulfonamides is 1. The number of hydrogen-bond donors (Lipinski definition) is 1. The Morgan fingerprint density at radius 2 is 2.14 bits per heavy atom. The Labute approximate surface area is 84.2 Å². The molecule has 0 aliphatic heterocycles. The van der Waals surface area contributed by atoms with Crippen molar-refractivity contribution in [1.82, 2.24) is 0 Å². The predicted molar refractivity (Wildman–Crippen MR) is 53.4 cm³/mol. The van der Waals surface area contributed by atoms with Crippen molar-refractivity contribution >= 4 is 10.0 Å². The molecular formula is C9H15NO3S. The van der Waals surface area contributed by atoms with Gasteiger partial charge in [-0.15, -0.1) is 0 Å². The van der Waals surface area contributed by atoms with E-state index in [1.807, 2.05) is 6.92 Å². The SMILES string of the molecule is CCCCc1cc(C)oc1S(N)(=O)=O. The highest BCUT2D eigenvalue weighted by atomic mass is 32.2. The minimum atomic E-state index is -3.71. The lowest BCUT2D eigenvalue weighted by Gasteiger charge is -1.98. The van der Waals surface area contributed by atoms with Gasteiger partial charge in [-0.25, -0.2) is 13.6 Å². The molecular weight excluding hydrogens is 202 g/mol. The zero-order chi connectivity index (χ0) is 10.8. The Morgan fingerprint density at radius 3 is 2.64 bits per heavy atom. The first-order chi connectivity index (χ1) is 6.45. The van der Waals surface area contributed by atoms with Crippen molar-refractivity contribution in [3.8, 4) is 0 Å². The van der Waals surface area contributed by atoms with Crippen LogP contribution in [0.25, 0.3) is 0 Å². The summed E-state index contributed by atoms with van der Waals surface area (Å²) in [6.07, 6.45) is 2.63. The molecule has 0 aliphatic carbocycles. The topological polar surface area (TPSA) is 73.3 Å². The van der Waals surface area contributed by atoms with E-state index < -0.39 is 10.0 Å². The van der Waals surface area contributed by atoms with Crippen LogP contribution in [-0.2, 0) is 16.4 Å². The number of rotatable bonds is 4. The molecule has 1 rings (SSSR count). The molecule has 5 heteroatoms. The Hall–Kier alpha value is -0.810. The fourth-order valence-corrected chi connectivity index (χ4v) is 2.10. The third-order valence-corrected chi connectivity index (χ3v) is 2.81. The second-order valence-corrected chi connectivity index (χ2v) is 4.78. The molecule has 1 aromatic rings. The number of hydrogen-bond acceptors (Lipinski definition) is 3. The van der Waals surface area contributed by atoms with Crippen molar-refractivity contribution in [2.24, 2.45) is 5.14 Å². The van der Waals surface area contributed by atoms with Gasteiger partial charge in [0.1, 0.15) is 5.76 Å². The summed E-state index contributed by atoms with van der Waals surface area (Å²) in [5.41, 5.74) is 0.687. The lowest BCUT2D eigenvalue weighted by molar-refractivity contribution is 0.423. The monoisotopic (exact) mass is 217 g/mol. The molecule has 0 unspecified atom stereocenters. The molecule has 1 aromatic heterocycles. The summed E-state index contributed by atoms with van der Waals surface area (Å²) in [4.78, 5) is 0. The normalized spacial score (nSPS) is 11.9. The van der Waals surface area contributed by atoms with Crippen molar-refractivity contribution in [3.05, 3.63) is 17.4 Å². The van der Waals surface area contributed by atoms with E-state index in [9.17, 15) is 8.42 Å². The average molecular weight is 217 g/mol. The molecule has 0 bridgehead atoms. The third-order valence-electron chi connectivity index (χ3n) is 1.95. The molecule has 0 spiro atoms. The Morgan fingerprint density at radius 1 is 1.50 bits per heavy atom. The highest BCUT2D eigenvalue weighted by Gasteiger charge is 2.18. The average Bonchev–Trinajstić information content (AvgIpc) is 2.42. The lowest BCUT2D eigenvalue weighted by atomic mass is 10.1. The number of sulfonamides is 1. The summed E-state index contributed by atoms with van der Waals surface area (Å²) in [6, 6.07) is 1.73. The van der Waals surface area contributed by atoms with Crippen LogP contribution in [0.5, 0.6) is 0 Å². The molecule has 4 nitrogen and oxygen atoms in total. The highest BCUT2D eigenvalue weighted by Crippen LogP contribution is 2.20. The Bertz CT molecular complexity index is 406. The fourth-order valence-electron chi connectivity index (χ4n) is 1.33. The molecule has 2 N–H and O–H groups in total. The van der Waals surface area contributed by atoms with Gasteiger partial charge >= 0.3 is 0 Å². The molecule has 0 fully saturated rings. The first-order valence-electron chi connectivity index (χ1n) is 4.57. The first kappa shape index (κ1) is 11.3. The lowest BCUT2D eigenvalue weighted by Crippen LogP contribution is -2.13. The van der Waals surface area contributed by atoms with Crippen molar-refractivity contribution in [3.63, 3.8) is 0 Å². The second kappa shape index (κ2) is 4.14. The number of aryl methyl sites for hydroxylation is 2. The van der Waals surface area contributed by atoms with Gasteiger partial charge in [0.25, 0.3) is 10.0 Å². The van der Waals surface area contributed by atoms with Crippen LogP contribution in [0, 0.1) is 6.92 Å². The van der Waals surface area contributed by atoms with Crippen molar-refractivity contribution < 1.29 is 12.8 Å². The summed E-state index contributed by atoms with van der Waals surface area (Å²) < 4.78 is 27.3. The van der Waals surface area contributed by atoms with Crippen LogP contribution in [0.15, 0.2) is 15.6 Å². The van der Waals surface area contributed by atoms with Crippen LogP contribution in [0.2, 0.25) is 0 Å². The second-order valence-electron chi connectivity index (χ2n) is 3.32. The van der Waals surface area contributed by atoms with E-state index in [0.29, 0.717) is 17.7 Å². The third kappa shape index (κ3) is 2.59. The standard InChI is InChI=1S/C9H15NO3S/c1-3-4-5-8-6-7(2)13-9(8)14(10,11)12/h6H,3-5H2,1-2H3,(H2,10,11,12). The van der Waals surface area contributed by atoms with Gasteiger partial charge in [-0.1, -0.05) is 13.3 Å². The number of nitrogens with two attached hydrogens (primary N) is 1. The minimum absolute atomic E-state index is 0.0801. The van der Waals surface area contributed by atoms with Gasteiger partial charge in [0.15, 0.2) is 0 Å². The van der Waals surface area contributed by atoms with Crippen LogP contribution < -0.4 is 5.14 Å². The molecule has 0 saturated heterocycles. The van der Waals surface area contributed by atoms with Crippen LogP contribution in [0.4, 0.5) is 0 Å². The summed E-state index contributed by atoms with van der Waals surface area (Å²) >= 11 is 0. The van der Waals surface area contributed by atoms with Gasteiger partial charge in [0.05, 0.1) is 0 Å². The molecule has 0 atom stereocenters. The number of furan rings is 1.